The highest BCUT2D eigenvalue weighted by Crippen LogP contribution is 2.45. The Hall–Kier alpha value is -7.63. The van der Waals surface area contributed by atoms with Crippen LogP contribution in [0, 0.1) is 25.2 Å². The molecular weight excluding hydrogens is 1290 g/mol. The molecule has 40 heteroatoms. The van der Waals surface area contributed by atoms with Crippen LogP contribution in [-0.2, 0) is 67.8 Å². The maximum atomic E-state index is 12.5. The highest BCUT2D eigenvalue weighted by Gasteiger charge is 2.26. The molecule has 0 fully saturated rings. The number of pyridine rings is 1. The summed E-state index contributed by atoms with van der Waals surface area (Å²) in [4.78, 5) is 7.09. The Bertz CT molecular complexity index is 4910. The van der Waals surface area contributed by atoms with Gasteiger partial charge in [-0.2, -0.15) is 52.5 Å². The van der Waals surface area contributed by atoms with Gasteiger partial charge in [0, 0.05) is 33.5 Å². The summed E-state index contributed by atoms with van der Waals surface area (Å²) in [5.41, 5.74) is -0.435. The monoisotopic (exact) mass is 1330 g/mol. The van der Waals surface area contributed by atoms with Gasteiger partial charge in [-0.1, -0.05) is 17.4 Å². The molecular formula is C45H40N10O22S8. The summed E-state index contributed by atoms with van der Waals surface area (Å²) in [6.07, 6.45) is -0.289. The minimum absolute atomic E-state index is 0.00309. The predicted octanol–water partition coefficient (Wildman–Crippen LogP) is 7.95. The molecule has 0 aliphatic heterocycles. The Morgan fingerprint density at radius 1 is 0.706 bits per heavy atom. The fourth-order valence-corrected chi connectivity index (χ4v) is 12.7. The Balaban J connectivity index is 0.00000251. The summed E-state index contributed by atoms with van der Waals surface area (Å²) in [6, 6.07) is 13.8. The van der Waals surface area contributed by atoms with Gasteiger partial charge in [-0.25, -0.2) is 9.97 Å². The van der Waals surface area contributed by atoms with E-state index in [9.17, 15) is 80.3 Å². The molecule has 85 heavy (non-hydrogen) atoms. The van der Waals surface area contributed by atoms with Gasteiger partial charge in [0.1, 0.15) is 44.7 Å². The van der Waals surface area contributed by atoms with Gasteiger partial charge in [-0.3, -0.25) is 27.2 Å². The number of aromatic hydroxyl groups is 1. The SMILES string of the molecule is COc1cc(S(=O)(=O)O)cc2c1nc1c(C#N)c(C)c(N=Nc3cc(C)c(N=Nc4cc(CO)c(N=Nc5nc6c(S(=O)(=O)O)cc7ccc(S(=O)(=O)O)cc7c6s5)cc4SCCCS(=O)(=O)O)cc3OCCCS(=O)(=O)O)c(O)n12.O=S(=O)=O. The van der Waals surface area contributed by atoms with Gasteiger partial charge in [-0.15, -0.1) is 50.0 Å². The van der Waals surface area contributed by atoms with Crippen LogP contribution in [0.2, 0.25) is 0 Å². The molecule has 450 valence electrons. The second-order valence-corrected chi connectivity index (χ2v) is 27.3. The molecule has 0 saturated carbocycles. The van der Waals surface area contributed by atoms with Crippen molar-refractivity contribution in [3.8, 4) is 23.4 Å². The summed E-state index contributed by atoms with van der Waals surface area (Å²) in [5, 5.41) is 58.3. The highest BCUT2D eigenvalue weighted by atomic mass is 32.2. The summed E-state index contributed by atoms with van der Waals surface area (Å²) >= 11 is 1.77. The van der Waals surface area contributed by atoms with Crippen molar-refractivity contribution in [1.82, 2.24) is 14.4 Å². The number of fused-ring (bicyclic) bond motifs is 6. The largest absolute Gasteiger partial charge is 0.494 e. The van der Waals surface area contributed by atoms with Crippen LogP contribution in [0.3, 0.4) is 0 Å². The van der Waals surface area contributed by atoms with Crippen molar-refractivity contribution in [1.29, 1.82) is 5.26 Å². The molecule has 7 N–H and O–H groups in total. The van der Waals surface area contributed by atoms with Gasteiger partial charge in [0.05, 0.1) is 68.9 Å². The number of thioether (sulfide) groups is 1. The minimum Gasteiger partial charge on any atom is -0.494 e. The number of hydrogen-bond donors (Lipinski definition) is 7. The van der Waals surface area contributed by atoms with Gasteiger partial charge < -0.3 is 19.7 Å². The number of imidazole rings is 1. The van der Waals surface area contributed by atoms with E-state index in [1.54, 1.807) is 6.92 Å². The van der Waals surface area contributed by atoms with Gasteiger partial charge in [-0.05, 0) is 85.9 Å². The van der Waals surface area contributed by atoms with Gasteiger partial charge in [0.15, 0.2) is 11.3 Å². The Kier molecular flexibility index (Phi) is 19.5. The minimum atomic E-state index is -4.92. The maximum absolute atomic E-state index is 12.5. The number of aryl methyl sites for hydroxylation is 1. The second kappa shape index (κ2) is 25.5. The topological polar surface area (TPSA) is 510 Å². The number of rotatable bonds is 21. The molecule has 8 aromatic rings. The molecule has 3 heterocycles. The summed E-state index contributed by atoms with van der Waals surface area (Å²) in [6.45, 7) is 1.96. The van der Waals surface area contributed by atoms with Crippen LogP contribution in [-0.4, -0.2) is 133 Å². The average molecular weight is 1330 g/mol. The fraction of sp³-hybridized carbons (Fsp3) is 0.222. The van der Waals surface area contributed by atoms with Gasteiger partial charge in [0.2, 0.25) is 11.0 Å². The van der Waals surface area contributed by atoms with Crippen LogP contribution in [0.25, 0.3) is 37.7 Å². The Morgan fingerprint density at radius 3 is 1.95 bits per heavy atom. The van der Waals surface area contributed by atoms with Crippen LogP contribution in [0.1, 0.15) is 35.1 Å². The van der Waals surface area contributed by atoms with Crippen molar-refractivity contribution in [3.63, 3.8) is 0 Å². The second-order valence-electron chi connectivity index (χ2n) is 17.4. The lowest BCUT2D eigenvalue weighted by Gasteiger charge is -2.12. The van der Waals surface area contributed by atoms with Crippen molar-refractivity contribution in [3.05, 3.63) is 82.9 Å². The average Bonchev–Trinajstić information content (AvgIpc) is 1.93. The number of benzene rings is 5. The Labute approximate surface area is 490 Å². The molecule has 0 saturated heterocycles. The van der Waals surface area contributed by atoms with Crippen LogP contribution < -0.4 is 9.47 Å². The number of hydrogen-bond acceptors (Lipinski definition) is 28. The third kappa shape index (κ3) is 15.6. The van der Waals surface area contributed by atoms with E-state index in [4.69, 9.17) is 22.1 Å². The summed E-state index contributed by atoms with van der Waals surface area (Å²) in [5.74, 6) is -2.17. The summed E-state index contributed by atoms with van der Waals surface area (Å²) < 4.78 is 206. The summed E-state index contributed by atoms with van der Waals surface area (Å²) in [7, 11) is -25.2. The zero-order valence-electron chi connectivity index (χ0n) is 43.2. The van der Waals surface area contributed by atoms with Gasteiger partial charge >= 0.3 is 10.6 Å². The number of aromatic nitrogens is 3. The van der Waals surface area contributed by atoms with E-state index in [0.29, 0.717) is 5.56 Å². The number of nitrogens with zero attached hydrogens (tertiary/aromatic N) is 10. The Morgan fingerprint density at radius 2 is 1.34 bits per heavy atom. The molecule has 0 bridgehead atoms. The molecule has 0 aliphatic rings. The number of methoxy groups -OCH3 is 1. The van der Waals surface area contributed by atoms with Crippen LogP contribution >= 0.6 is 23.1 Å². The third-order valence-corrected chi connectivity index (χ3v) is 17.9. The number of nitriles is 1. The number of ether oxygens (including phenoxy) is 2. The third-order valence-electron chi connectivity index (χ3n) is 11.7. The smallest absolute Gasteiger partial charge is 0.425 e. The van der Waals surface area contributed by atoms with Crippen molar-refractivity contribution < 1.29 is 97.2 Å². The molecule has 0 spiro atoms. The molecule has 0 unspecified atom stereocenters. The van der Waals surface area contributed by atoms with E-state index in [1.165, 1.54) is 44.4 Å². The van der Waals surface area contributed by atoms with E-state index in [0.717, 1.165) is 57.8 Å². The molecule has 0 aliphatic carbocycles. The first-order chi connectivity index (χ1) is 39.6. The van der Waals surface area contributed by atoms with E-state index in [1.807, 2.05) is 6.07 Å². The molecule has 32 nitrogen and oxygen atoms in total. The van der Waals surface area contributed by atoms with Crippen molar-refractivity contribution in [2.24, 2.45) is 30.7 Å². The maximum Gasteiger partial charge on any atom is 0.425 e. The predicted molar refractivity (Wildman–Crippen MR) is 301 cm³/mol. The first-order valence-corrected chi connectivity index (χ1v) is 33.5. The zero-order valence-corrected chi connectivity index (χ0v) is 49.7. The van der Waals surface area contributed by atoms with E-state index < -0.39 is 99.9 Å². The molecule has 0 atom stereocenters. The van der Waals surface area contributed by atoms with Crippen LogP contribution in [0.5, 0.6) is 17.4 Å². The lowest BCUT2D eigenvalue weighted by Crippen LogP contribution is -2.08. The molecule has 0 radical (unpaired) electrons. The zero-order chi connectivity index (χ0) is 62.7. The quantitative estimate of drug-likeness (QED) is 0.0155. The normalized spacial score (nSPS) is 12.7. The number of aliphatic hydroxyl groups is 1. The molecule has 0 amide bonds. The van der Waals surface area contributed by atoms with E-state index >= 15 is 0 Å². The number of aliphatic hydroxyl groups excluding tert-OH is 1. The number of thiazole rings is 1. The van der Waals surface area contributed by atoms with Crippen molar-refractivity contribution in [2.45, 2.75) is 52.9 Å². The van der Waals surface area contributed by atoms with E-state index in [-0.39, 0.29) is 130 Å². The van der Waals surface area contributed by atoms with Gasteiger partial charge in [0.25, 0.3) is 50.6 Å². The van der Waals surface area contributed by atoms with E-state index in [2.05, 4.69) is 40.7 Å². The highest BCUT2D eigenvalue weighted by molar-refractivity contribution is 7.99. The fourth-order valence-electron chi connectivity index (χ4n) is 7.88. The van der Waals surface area contributed by atoms with Crippen LogP contribution in [0.15, 0.2) is 111 Å². The number of azo groups is 3. The lowest BCUT2D eigenvalue weighted by molar-refractivity contribution is 0.282. The first-order valence-electron chi connectivity index (χ1n) is 23.2. The molecule has 3 aromatic heterocycles. The van der Waals surface area contributed by atoms with Crippen molar-refractivity contribution >= 4 is 156 Å². The molecule has 8 rings (SSSR count). The lowest BCUT2D eigenvalue weighted by atomic mass is 10.1. The van der Waals surface area contributed by atoms with Crippen LogP contribution in [0.4, 0.5) is 33.6 Å². The first kappa shape index (κ1) is 64.9. The van der Waals surface area contributed by atoms with Crippen molar-refractivity contribution in [2.75, 3.05) is 31.0 Å². The standard InChI is InChI=1S/C45H40N10O19S7.O3S/c1-22-12-32(51-53-39-23(2)29(20-46)43-47-40-34(55(43)44(39)57)16-27(80(67,68)69)17-36(40)73-3)35(74-8-4-10-77(58,59)60)18-30(22)49-52-33-13-25(21-56)31(19-37(33)75-9-5-11-78(61,62)63)50-54-45-48-41-38(81(70,71)72)14-24-6-7-26(79(64,65)66)15-28(24)42(41)76-45;1-4(2)3/h6-7,12-19,56-57H,4-5,8-11,21H2,1-3H3,(H,58,59,60)(H,61,62,63)(H,64,65,66)(H,67,68,69)(H,70,71,72);. The molecule has 5 aromatic carbocycles.